The van der Waals surface area contributed by atoms with Crippen LogP contribution in [0, 0.1) is 0 Å². The molecule has 3 heterocycles. The van der Waals surface area contributed by atoms with E-state index in [1.54, 1.807) is 0 Å². The molecular weight excluding hydrogens is 510 g/mol. The quantitative estimate of drug-likeness (QED) is 0.224. The van der Waals surface area contributed by atoms with E-state index in [4.69, 9.17) is 0 Å². The molecule has 2 aromatic heterocycles. The molecule has 0 aliphatic carbocycles. The highest BCUT2D eigenvalue weighted by molar-refractivity contribution is 6.24. The SMILES string of the molecule is c1ccc(-c2ccc(-n3c4ccccc4c4c5c(ccc43)-c3cccc4cccc(c34)N5c3cccnc3)cc2)cc1. The molecule has 0 bridgehead atoms. The lowest BCUT2D eigenvalue weighted by molar-refractivity contribution is 1.18. The number of para-hydroxylation sites is 1. The Labute approximate surface area is 243 Å². The number of nitrogens with zero attached hydrogens (tertiary/aromatic N) is 3. The van der Waals surface area contributed by atoms with Gasteiger partial charge in [0.25, 0.3) is 0 Å². The molecule has 3 heteroatoms. The van der Waals surface area contributed by atoms with Gasteiger partial charge < -0.3 is 9.47 Å². The average molecular weight is 536 g/mol. The first-order valence-electron chi connectivity index (χ1n) is 14.3. The minimum atomic E-state index is 1.05. The van der Waals surface area contributed by atoms with Crippen molar-refractivity contribution >= 4 is 49.6 Å². The molecule has 1 aliphatic rings. The molecule has 8 aromatic rings. The second kappa shape index (κ2) is 8.92. The molecule has 0 spiro atoms. The standard InChI is InChI=1S/C39H25N3/c1-2-9-26(10-3-1)27-18-20-29(21-19-27)41-34-16-5-4-14-33(34)38-36(41)23-22-32-31-15-6-11-28-12-7-17-35(37(28)31)42(39(32)38)30-13-8-24-40-25-30/h1-25H. The summed E-state index contributed by atoms with van der Waals surface area (Å²) in [5.74, 6) is 0. The Morgan fingerprint density at radius 3 is 2.10 bits per heavy atom. The van der Waals surface area contributed by atoms with E-state index < -0.39 is 0 Å². The highest BCUT2D eigenvalue weighted by Gasteiger charge is 2.30. The molecule has 6 aromatic carbocycles. The van der Waals surface area contributed by atoms with E-state index in [0.29, 0.717) is 0 Å². The largest absolute Gasteiger partial charge is 0.309 e. The third-order valence-corrected chi connectivity index (χ3v) is 8.59. The van der Waals surface area contributed by atoms with Crippen LogP contribution in [-0.2, 0) is 0 Å². The maximum Gasteiger partial charge on any atom is 0.0645 e. The molecule has 0 unspecified atom stereocenters. The first-order chi connectivity index (χ1) is 20.9. The van der Waals surface area contributed by atoms with E-state index in [9.17, 15) is 0 Å². The van der Waals surface area contributed by atoms with Crippen molar-refractivity contribution in [3.05, 3.63) is 152 Å². The Bertz CT molecular complexity index is 2280. The molecule has 42 heavy (non-hydrogen) atoms. The molecule has 1 aliphatic heterocycles. The van der Waals surface area contributed by atoms with Gasteiger partial charge in [-0.3, -0.25) is 4.98 Å². The fraction of sp³-hybridized carbons (Fsp3) is 0. The minimum absolute atomic E-state index is 1.05. The smallest absolute Gasteiger partial charge is 0.0645 e. The van der Waals surface area contributed by atoms with Crippen molar-refractivity contribution < 1.29 is 0 Å². The second-order valence-corrected chi connectivity index (χ2v) is 10.8. The first kappa shape index (κ1) is 23.1. The van der Waals surface area contributed by atoms with Crippen LogP contribution in [0.4, 0.5) is 17.1 Å². The van der Waals surface area contributed by atoms with Crippen molar-refractivity contribution in [3.8, 4) is 27.9 Å². The van der Waals surface area contributed by atoms with E-state index in [0.717, 1.165) is 11.4 Å². The molecule has 0 saturated carbocycles. The van der Waals surface area contributed by atoms with Gasteiger partial charge in [-0.2, -0.15) is 0 Å². The third-order valence-electron chi connectivity index (χ3n) is 8.59. The van der Waals surface area contributed by atoms with Gasteiger partial charge in [0.2, 0.25) is 0 Å². The zero-order valence-electron chi connectivity index (χ0n) is 22.8. The normalized spacial score (nSPS) is 12.2. The van der Waals surface area contributed by atoms with Gasteiger partial charge in [-0.15, -0.1) is 0 Å². The number of hydrogen-bond donors (Lipinski definition) is 0. The Morgan fingerprint density at radius 2 is 1.26 bits per heavy atom. The van der Waals surface area contributed by atoms with Crippen LogP contribution < -0.4 is 4.90 Å². The van der Waals surface area contributed by atoms with Crippen LogP contribution in [0.5, 0.6) is 0 Å². The molecule has 9 rings (SSSR count). The van der Waals surface area contributed by atoms with Gasteiger partial charge >= 0.3 is 0 Å². The molecule has 0 atom stereocenters. The Morgan fingerprint density at radius 1 is 0.476 bits per heavy atom. The monoisotopic (exact) mass is 535 g/mol. The number of fused-ring (bicyclic) bond motifs is 6. The van der Waals surface area contributed by atoms with Crippen molar-refractivity contribution in [2.45, 2.75) is 0 Å². The highest BCUT2D eigenvalue weighted by atomic mass is 15.2. The fourth-order valence-electron chi connectivity index (χ4n) is 6.81. The summed E-state index contributed by atoms with van der Waals surface area (Å²) in [6.45, 7) is 0. The summed E-state index contributed by atoms with van der Waals surface area (Å²) in [7, 11) is 0. The lowest BCUT2D eigenvalue weighted by atomic mass is 9.89. The van der Waals surface area contributed by atoms with E-state index in [2.05, 4.69) is 148 Å². The predicted octanol–water partition coefficient (Wildman–Crippen LogP) is 10.4. The lowest BCUT2D eigenvalue weighted by Gasteiger charge is -2.34. The number of rotatable bonds is 3. The van der Waals surface area contributed by atoms with Gasteiger partial charge in [0.05, 0.1) is 34.3 Å². The molecule has 0 saturated heterocycles. The van der Waals surface area contributed by atoms with Crippen LogP contribution in [0.2, 0.25) is 0 Å². The summed E-state index contributed by atoms with van der Waals surface area (Å²) < 4.78 is 2.40. The molecule has 0 radical (unpaired) electrons. The second-order valence-electron chi connectivity index (χ2n) is 10.8. The summed E-state index contributed by atoms with van der Waals surface area (Å²) in [6, 6.07) is 50.3. The van der Waals surface area contributed by atoms with Crippen molar-refractivity contribution in [2.75, 3.05) is 4.90 Å². The van der Waals surface area contributed by atoms with Crippen LogP contribution in [0.3, 0.4) is 0 Å². The van der Waals surface area contributed by atoms with Crippen molar-refractivity contribution in [1.29, 1.82) is 0 Å². The van der Waals surface area contributed by atoms with Crippen molar-refractivity contribution in [2.24, 2.45) is 0 Å². The number of anilines is 3. The molecule has 0 amide bonds. The Balaban J connectivity index is 1.37. The van der Waals surface area contributed by atoms with Gasteiger partial charge in [-0.25, -0.2) is 0 Å². The van der Waals surface area contributed by atoms with Gasteiger partial charge in [0.15, 0.2) is 0 Å². The molecule has 3 nitrogen and oxygen atoms in total. The average Bonchev–Trinajstić information content (AvgIpc) is 3.41. The number of benzene rings is 6. The zero-order valence-corrected chi connectivity index (χ0v) is 22.8. The van der Waals surface area contributed by atoms with E-state index in [-0.39, 0.29) is 0 Å². The number of aromatic nitrogens is 2. The molecule has 0 fully saturated rings. The van der Waals surface area contributed by atoms with Crippen LogP contribution >= 0.6 is 0 Å². The third kappa shape index (κ3) is 3.25. The first-order valence-corrected chi connectivity index (χ1v) is 14.3. The molecule has 0 N–H and O–H groups in total. The summed E-state index contributed by atoms with van der Waals surface area (Å²) in [5, 5.41) is 4.99. The number of hydrogen-bond acceptors (Lipinski definition) is 2. The topological polar surface area (TPSA) is 21.1 Å². The van der Waals surface area contributed by atoms with Gasteiger partial charge in [0.1, 0.15) is 0 Å². The molecule has 196 valence electrons. The minimum Gasteiger partial charge on any atom is -0.309 e. The van der Waals surface area contributed by atoms with Gasteiger partial charge in [-0.05, 0) is 64.5 Å². The van der Waals surface area contributed by atoms with Crippen LogP contribution in [0.15, 0.2) is 152 Å². The summed E-state index contributed by atoms with van der Waals surface area (Å²) in [6.07, 6.45) is 3.81. The predicted molar refractivity (Wildman–Crippen MR) is 175 cm³/mol. The van der Waals surface area contributed by atoms with Crippen LogP contribution in [0.25, 0.3) is 60.5 Å². The van der Waals surface area contributed by atoms with Gasteiger partial charge in [-0.1, -0.05) is 97.1 Å². The summed E-state index contributed by atoms with van der Waals surface area (Å²) in [4.78, 5) is 6.95. The Hall–Kier alpha value is -5.67. The highest BCUT2D eigenvalue weighted by Crippen LogP contribution is 2.54. The van der Waals surface area contributed by atoms with E-state index >= 15 is 0 Å². The van der Waals surface area contributed by atoms with E-state index in [1.807, 2.05) is 18.5 Å². The van der Waals surface area contributed by atoms with E-state index in [1.165, 1.54) is 66.2 Å². The van der Waals surface area contributed by atoms with Crippen LogP contribution in [-0.4, -0.2) is 9.55 Å². The maximum atomic E-state index is 4.53. The fourth-order valence-corrected chi connectivity index (χ4v) is 6.81. The van der Waals surface area contributed by atoms with Crippen molar-refractivity contribution in [3.63, 3.8) is 0 Å². The van der Waals surface area contributed by atoms with Crippen molar-refractivity contribution in [1.82, 2.24) is 9.55 Å². The van der Waals surface area contributed by atoms with Crippen LogP contribution in [0.1, 0.15) is 0 Å². The lowest BCUT2D eigenvalue weighted by Crippen LogP contribution is -2.15. The number of pyridine rings is 1. The maximum absolute atomic E-state index is 4.53. The summed E-state index contributed by atoms with van der Waals surface area (Å²) in [5.41, 5.74) is 11.9. The zero-order chi connectivity index (χ0) is 27.6. The van der Waals surface area contributed by atoms with Gasteiger partial charge in [0, 0.05) is 33.6 Å². The molecular formula is C39H25N3. The Kier molecular flexibility index (Phi) is 4.90. The summed E-state index contributed by atoms with van der Waals surface area (Å²) >= 11 is 0.